The highest BCUT2D eigenvalue weighted by molar-refractivity contribution is 7.71. The molecule has 0 amide bonds. The summed E-state index contributed by atoms with van der Waals surface area (Å²) in [7, 11) is 0. The summed E-state index contributed by atoms with van der Waals surface area (Å²) in [4.78, 5) is 0. The molecule has 2 aromatic carbocycles. The number of hydrogen-bond donors (Lipinski definition) is 2. The van der Waals surface area contributed by atoms with Crippen LogP contribution in [0.1, 0.15) is 23.9 Å². The summed E-state index contributed by atoms with van der Waals surface area (Å²) in [5, 5.41) is 8.69. The van der Waals surface area contributed by atoms with Gasteiger partial charge in [0.05, 0.1) is 6.54 Å². The van der Waals surface area contributed by atoms with E-state index in [1.807, 2.05) is 19.1 Å². The molecule has 3 rings (SSSR count). The maximum absolute atomic E-state index is 6.22. The van der Waals surface area contributed by atoms with Gasteiger partial charge in [0, 0.05) is 32.6 Å². The number of halogens is 3. The molecular weight excluding hydrogens is 427 g/mol. The van der Waals surface area contributed by atoms with Gasteiger partial charge in [0.15, 0.2) is 5.82 Å². The lowest BCUT2D eigenvalue weighted by Crippen LogP contribution is -2.18. The van der Waals surface area contributed by atoms with Gasteiger partial charge in [0.2, 0.25) is 4.77 Å². The van der Waals surface area contributed by atoms with Gasteiger partial charge in [-0.15, -0.1) is 0 Å². The second-order valence-corrected chi connectivity index (χ2v) is 7.35. The zero-order chi connectivity index (χ0) is 19.4. The molecule has 1 aromatic heterocycles. The molecule has 3 aromatic rings. The van der Waals surface area contributed by atoms with Crippen LogP contribution in [0.4, 0.5) is 0 Å². The fourth-order valence-corrected chi connectivity index (χ4v) is 3.46. The minimum atomic E-state index is 0.249. The van der Waals surface area contributed by atoms with Crippen LogP contribution in [0.3, 0.4) is 0 Å². The molecule has 0 spiro atoms. The fourth-order valence-electron chi connectivity index (χ4n) is 2.54. The molecule has 0 atom stereocenters. The molecule has 5 nitrogen and oxygen atoms in total. The van der Waals surface area contributed by atoms with Gasteiger partial charge in [0.25, 0.3) is 0 Å². The molecular formula is C18H17Cl3N4OS. The lowest BCUT2D eigenvalue weighted by atomic mass is 10.2. The predicted octanol–water partition coefficient (Wildman–Crippen LogP) is 5.79. The van der Waals surface area contributed by atoms with Gasteiger partial charge in [-0.2, -0.15) is 5.10 Å². The van der Waals surface area contributed by atoms with Crippen LogP contribution in [-0.4, -0.2) is 14.9 Å². The van der Waals surface area contributed by atoms with Gasteiger partial charge >= 0.3 is 0 Å². The second kappa shape index (κ2) is 8.97. The smallest absolute Gasteiger partial charge is 0.214 e. The largest absolute Gasteiger partial charge is 0.488 e. The topological polar surface area (TPSA) is 54.9 Å². The van der Waals surface area contributed by atoms with Gasteiger partial charge in [-0.1, -0.05) is 47.8 Å². The van der Waals surface area contributed by atoms with Gasteiger partial charge in [-0.3, -0.25) is 5.10 Å². The molecule has 0 unspecified atom stereocenters. The molecule has 27 heavy (non-hydrogen) atoms. The summed E-state index contributed by atoms with van der Waals surface area (Å²) in [6.07, 6.45) is 0.740. The van der Waals surface area contributed by atoms with Crippen molar-refractivity contribution in [3.8, 4) is 5.75 Å². The Morgan fingerprint density at radius 2 is 1.93 bits per heavy atom. The van der Waals surface area contributed by atoms with Crippen LogP contribution in [0, 0.1) is 4.77 Å². The lowest BCUT2D eigenvalue weighted by molar-refractivity contribution is 0.303. The third-order valence-electron chi connectivity index (χ3n) is 3.94. The van der Waals surface area contributed by atoms with Gasteiger partial charge in [-0.05, 0) is 42.5 Å². The number of aromatic amines is 1. The normalized spacial score (nSPS) is 10.8. The molecule has 1 heterocycles. The van der Waals surface area contributed by atoms with Crippen LogP contribution >= 0.6 is 47.0 Å². The number of rotatable bonds is 7. The first-order valence-corrected chi connectivity index (χ1v) is 9.78. The number of nitrogens with zero attached hydrogens (tertiary/aromatic N) is 2. The Morgan fingerprint density at radius 3 is 2.63 bits per heavy atom. The van der Waals surface area contributed by atoms with E-state index in [9.17, 15) is 0 Å². The molecule has 0 aliphatic carbocycles. The second-order valence-electron chi connectivity index (χ2n) is 5.71. The summed E-state index contributed by atoms with van der Waals surface area (Å²) in [6, 6.07) is 10.8. The summed E-state index contributed by atoms with van der Waals surface area (Å²) in [6.45, 7) is 2.70. The Kier molecular flexibility index (Phi) is 6.65. The highest BCUT2D eigenvalue weighted by atomic mass is 35.5. The summed E-state index contributed by atoms with van der Waals surface area (Å²) in [5.41, 5.74) is 4.85. The van der Waals surface area contributed by atoms with Crippen LogP contribution in [0.25, 0.3) is 0 Å². The highest BCUT2D eigenvalue weighted by Gasteiger charge is 2.11. The minimum Gasteiger partial charge on any atom is -0.488 e. The lowest BCUT2D eigenvalue weighted by Gasteiger charge is -2.15. The van der Waals surface area contributed by atoms with E-state index in [1.54, 1.807) is 28.9 Å². The third kappa shape index (κ3) is 4.76. The average Bonchev–Trinajstić information content (AvgIpc) is 3.00. The molecule has 0 aliphatic rings. The predicted molar refractivity (Wildman–Crippen MR) is 112 cm³/mol. The Balaban J connectivity index is 1.79. The van der Waals surface area contributed by atoms with E-state index < -0.39 is 0 Å². The van der Waals surface area contributed by atoms with Crippen molar-refractivity contribution in [2.24, 2.45) is 0 Å². The molecule has 0 bridgehead atoms. The van der Waals surface area contributed by atoms with Crippen molar-refractivity contribution in [2.75, 3.05) is 5.43 Å². The molecule has 0 saturated heterocycles. The summed E-state index contributed by atoms with van der Waals surface area (Å²) >= 11 is 23.9. The molecule has 2 N–H and O–H groups in total. The van der Waals surface area contributed by atoms with Crippen molar-refractivity contribution >= 4 is 47.0 Å². The van der Waals surface area contributed by atoms with Crippen molar-refractivity contribution in [1.82, 2.24) is 14.9 Å². The Morgan fingerprint density at radius 1 is 1.19 bits per heavy atom. The van der Waals surface area contributed by atoms with Crippen molar-refractivity contribution in [3.05, 3.63) is 73.2 Å². The van der Waals surface area contributed by atoms with Crippen LogP contribution < -0.4 is 10.2 Å². The van der Waals surface area contributed by atoms with E-state index in [4.69, 9.17) is 51.8 Å². The maximum Gasteiger partial charge on any atom is 0.214 e. The van der Waals surface area contributed by atoms with Gasteiger partial charge in [-0.25, -0.2) is 4.68 Å². The standard InChI is InChI=1S/C18H17Cl3N4OS/c1-2-17-23-24-18(27)25(17)22-9-11-8-12(19)6-7-16(11)26-10-13-14(20)4-3-5-15(13)21/h3-8,22H,2,9-10H2,1H3,(H,24,27). The molecule has 0 radical (unpaired) electrons. The summed E-state index contributed by atoms with van der Waals surface area (Å²) < 4.78 is 8.21. The first-order valence-electron chi connectivity index (χ1n) is 8.24. The maximum atomic E-state index is 6.22. The average molecular weight is 444 g/mol. The Bertz CT molecular complexity index is 982. The van der Waals surface area contributed by atoms with Crippen molar-refractivity contribution < 1.29 is 4.74 Å². The fraction of sp³-hybridized carbons (Fsp3) is 0.222. The zero-order valence-electron chi connectivity index (χ0n) is 14.4. The van der Waals surface area contributed by atoms with E-state index in [0.29, 0.717) is 32.1 Å². The van der Waals surface area contributed by atoms with Crippen LogP contribution in [0.5, 0.6) is 5.75 Å². The highest BCUT2D eigenvalue weighted by Crippen LogP contribution is 2.28. The molecule has 0 saturated carbocycles. The molecule has 0 fully saturated rings. The Labute approximate surface area is 177 Å². The van der Waals surface area contributed by atoms with Crippen molar-refractivity contribution in [1.29, 1.82) is 0 Å². The van der Waals surface area contributed by atoms with Crippen LogP contribution in [-0.2, 0) is 19.6 Å². The minimum absolute atomic E-state index is 0.249. The van der Waals surface area contributed by atoms with Crippen LogP contribution in [0.2, 0.25) is 15.1 Å². The number of hydrogen-bond acceptors (Lipinski definition) is 4. The van der Waals surface area contributed by atoms with Crippen molar-refractivity contribution in [2.45, 2.75) is 26.5 Å². The summed E-state index contributed by atoms with van der Waals surface area (Å²) in [5.74, 6) is 1.49. The monoisotopic (exact) mass is 442 g/mol. The molecule has 142 valence electrons. The van der Waals surface area contributed by atoms with E-state index in [2.05, 4.69) is 15.6 Å². The number of nitrogens with one attached hydrogen (secondary N) is 2. The van der Waals surface area contributed by atoms with Crippen molar-refractivity contribution in [3.63, 3.8) is 0 Å². The SMILES string of the molecule is CCc1n[nH]c(=S)n1NCc1cc(Cl)ccc1OCc1c(Cl)cccc1Cl. The molecule has 0 aliphatic heterocycles. The molecule has 9 heteroatoms. The van der Waals surface area contributed by atoms with Gasteiger partial charge in [0.1, 0.15) is 12.4 Å². The number of aryl methyl sites for hydroxylation is 1. The number of benzene rings is 2. The van der Waals surface area contributed by atoms with E-state index >= 15 is 0 Å². The first-order chi connectivity index (χ1) is 13.0. The Hall–Kier alpha value is -1.73. The number of ether oxygens (including phenoxy) is 1. The van der Waals surface area contributed by atoms with E-state index in [-0.39, 0.29) is 6.61 Å². The third-order valence-corrected chi connectivity index (χ3v) is 5.16. The number of H-pyrrole nitrogens is 1. The van der Waals surface area contributed by atoms with E-state index in [0.717, 1.165) is 23.4 Å². The zero-order valence-corrected chi connectivity index (χ0v) is 17.5. The number of aromatic nitrogens is 3. The van der Waals surface area contributed by atoms with Gasteiger partial charge < -0.3 is 10.2 Å². The van der Waals surface area contributed by atoms with E-state index in [1.165, 1.54) is 0 Å². The quantitative estimate of drug-likeness (QED) is 0.454. The van der Waals surface area contributed by atoms with Crippen LogP contribution in [0.15, 0.2) is 36.4 Å². The first kappa shape index (κ1) is 20.0.